The van der Waals surface area contributed by atoms with Crippen LogP contribution in [0, 0.1) is 6.92 Å². The number of carbonyl (C=O) groups excluding carboxylic acids is 3. The fourth-order valence-electron chi connectivity index (χ4n) is 2.70. The lowest BCUT2D eigenvalue weighted by atomic mass is 10.0. The Morgan fingerprint density at radius 2 is 1.97 bits per heavy atom. The van der Waals surface area contributed by atoms with E-state index in [0.717, 1.165) is 15.1 Å². The number of carbonyl (C=O) groups is 3. The summed E-state index contributed by atoms with van der Waals surface area (Å²) in [5.41, 5.74) is 0.784. The number of aryl methyl sites for hydroxylation is 1. The Kier molecular flexibility index (Phi) is 6.67. The van der Waals surface area contributed by atoms with E-state index in [0.29, 0.717) is 22.7 Å². The molecule has 1 saturated heterocycles. The van der Waals surface area contributed by atoms with Gasteiger partial charge in [-0.2, -0.15) is 4.83 Å². The van der Waals surface area contributed by atoms with Crippen molar-refractivity contribution in [2.45, 2.75) is 26.3 Å². The first-order chi connectivity index (χ1) is 13.7. The van der Waals surface area contributed by atoms with Gasteiger partial charge in [-0.3, -0.25) is 19.4 Å². The molecule has 0 aliphatic carbocycles. The van der Waals surface area contributed by atoms with Crippen molar-refractivity contribution >= 4 is 62.6 Å². The lowest BCUT2D eigenvalue weighted by Gasteiger charge is -2.25. The lowest BCUT2D eigenvalue weighted by Crippen LogP contribution is -2.52. The van der Waals surface area contributed by atoms with E-state index in [1.165, 1.54) is 23.3 Å². The van der Waals surface area contributed by atoms with Crippen LogP contribution in [0.2, 0.25) is 0 Å². The maximum atomic E-state index is 12.7. The summed E-state index contributed by atoms with van der Waals surface area (Å²) in [6.45, 7) is 5.76. The molecule has 3 N–H and O–H groups in total. The Morgan fingerprint density at radius 1 is 1.21 bits per heavy atom. The van der Waals surface area contributed by atoms with Gasteiger partial charge < -0.3 is 10.6 Å². The zero-order valence-corrected chi connectivity index (χ0v) is 19.4. The van der Waals surface area contributed by atoms with Crippen molar-refractivity contribution < 1.29 is 14.4 Å². The van der Waals surface area contributed by atoms with Crippen LogP contribution in [0.1, 0.15) is 39.4 Å². The standard InChI is InChI=1S/C19H21BrN4O3S2/c1-11-10-12(4-5-13(11)17(26)24-8-9-28-23-24)21-18(27)19(2,3)22-16(25)14-6-7-15(20)29-14/h4-7,10,23H,8-9H2,1-3H3,(H,21,27)(H,22,25). The van der Waals surface area contributed by atoms with Crippen LogP contribution in [0.4, 0.5) is 5.69 Å². The maximum absolute atomic E-state index is 12.7. The summed E-state index contributed by atoms with van der Waals surface area (Å²) < 4.78 is 0.845. The quantitative estimate of drug-likeness (QED) is 0.550. The van der Waals surface area contributed by atoms with Gasteiger partial charge in [0.2, 0.25) is 5.91 Å². The number of thiophene rings is 1. The van der Waals surface area contributed by atoms with E-state index in [1.54, 1.807) is 49.2 Å². The van der Waals surface area contributed by atoms with Gasteiger partial charge in [0.05, 0.1) is 8.66 Å². The highest BCUT2D eigenvalue weighted by Gasteiger charge is 2.30. The normalized spacial score (nSPS) is 14.0. The smallest absolute Gasteiger partial charge is 0.268 e. The SMILES string of the molecule is Cc1cc(NC(=O)C(C)(C)NC(=O)c2ccc(Br)s2)ccc1C(=O)N1CCSN1. The summed E-state index contributed by atoms with van der Waals surface area (Å²) in [4.78, 5) is 41.1. The van der Waals surface area contributed by atoms with E-state index in [1.807, 2.05) is 6.92 Å². The second-order valence-electron chi connectivity index (χ2n) is 7.06. The molecule has 2 heterocycles. The molecule has 0 bridgehead atoms. The van der Waals surface area contributed by atoms with Crippen molar-refractivity contribution in [3.63, 3.8) is 0 Å². The summed E-state index contributed by atoms with van der Waals surface area (Å²) in [5, 5.41) is 7.15. The predicted molar refractivity (Wildman–Crippen MR) is 120 cm³/mol. The number of hydrazine groups is 1. The summed E-state index contributed by atoms with van der Waals surface area (Å²) in [5.74, 6) is 0.0916. The fraction of sp³-hybridized carbons (Fsp3) is 0.316. The Balaban J connectivity index is 1.66. The molecule has 154 valence electrons. The highest BCUT2D eigenvalue weighted by Crippen LogP contribution is 2.23. The monoisotopic (exact) mass is 496 g/mol. The second-order valence-corrected chi connectivity index (χ2v) is 10.4. The average molecular weight is 497 g/mol. The van der Waals surface area contributed by atoms with Crippen LogP contribution in [0.5, 0.6) is 0 Å². The van der Waals surface area contributed by atoms with Gasteiger partial charge in [0.15, 0.2) is 0 Å². The molecule has 1 aromatic carbocycles. The highest BCUT2D eigenvalue weighted by molar-refractivity contribution is 9.11. The topological polar surface area (TPSA) is 90.5 Å². The van der Waals surface area contributed by atoms with E-state index in [9.17, 15) is 14.4 Å². The second kappa shape index (κ2) is 8.86. The van der Waals surface area contributed by atoms with Gasteiger partial charge in [0, 0.05) is 23.5 Å². The van der Waals surface area contributed by atoms with Gasteiger partial charge in [-0.25, -0.2) is 0 Å². The molecule has 29 heavy (non-hydrogen) atoms. The van der Waals surface area contributed by atoms with Crippen LogP contribution in [0.3, 0.4) is 0 Å². The van der Waals surface area contributed by atoms with E-state index in [-0.39, 0.29) is 17.7 Å². The van der Waals surface area contributed by atoms with Crippen LogP contribution < -0.4 is 15.5 Å². The first-order valence-electron chi connectivity index (χ1n) is 8.86. The molecule has 10 heteroatoms. The third-order valence-corrected chi connectivity index (χ3v) is 6.70. The number of nitrogens with one attached hydrogen (secondary N) is 3. The zero-order valence-electron chi connectivity index (χ0n) is 16.2. The Morgan fingerprint density at radius 3 is 2.55 bits per heavy atom. The van der Waals surface area contributed by atoms with E-state index < -0.39 is 5.54 Å². The van der Waals surface area contributed by atoms with Gasteiger partial charge in [-0.1, -0.05) is 11.9 Å². The molecule has 0 spiro atoms. The molecule has 0 radical (unpaired) electrons. The third kappa shape index (κ3) is 5.19. The van der Waals surface area contributed by atoms with Crippen molar-refractivity contribution in [2.24, 2.45) is 0 Å². The Labute approximate surface area is 185 Å². The van der Waals surface area contributed by atoms with Gasteiger partial charge in [-0.15, -0.1) is 11.3 Å². The first kappa shape index (κ1) is 21.8. The first-order valence-corrected chi connectivity index (χ1v) is 11.5. The van der Waals surface area contributed by atoms with Gasteiger partial charge >= 0.3 is 0 Å². The third-order valence-electron chi connectivity index (χ3n) is 4.34. The number of anilines is 1. The molecule has 7 nitrogen and oxygen atoms in total. The Bertz CT molecular complexity index is 955. The number of amides is 3. The number of benzene rings is 1. The van der Waals surface area contributed by atoms with Gasteiger partial charge in [0.25, 0.3) is 11.8 Å². The highest BCUT2D eigenvalue weighted by atomic mass is 79.9. The molecule has 3 rings (SSSR count). The largest absolute Gasteiger partial charge is 0.337 e. The van der Waals surface area contributed by atoms with E-state index in [2.05, 4.69) is 31.4 Å². The fourth-order valence-corrected chi connectivity index (χ4v) is 4.68. The van der Waals surface area contributed by atoms with Crippen LogP contribution in [-0.2, 0) is 4.79 Å². The molecule has 0 atom stereocenters. The lowest BCUT2D eigenvalue weighted by molar-refractivity contribution is -0.120. The number of hydrogen-bond acceptors (Lipinski definition) is 6. The molecular formula is C19H21BrN4O3S2. The minimum absolute atomic E-state index is 0.0971. The van der Waals surface area contributed by atoms with Crippen LogP contribution in [0.25, 0.3) is 0 Å². The number of hydrogen-bond donors (Lipinski definition) is 3. The number of halogens is 1. The predicted octanol–water partition coefficient (Wildman–Crippen LogP) is 3.57. The summed E-state index contributed by atoms with van der Waals surface area (Å²) >= 11 is 6.12. The minimum atomic E-state index is -1.12. The number of nitrogens with zero attached hydrogens (tertiary/aromatic N) is 1. The summed E-state index contributed by atoms with van der Waals surface area (Å²) in [7, 11) is 0. The average Bonchev–Trinajstić information content (AvgIpc) is 3.32. The van der Waals surface area contributed by atoms with Gasteiger partial charge in [0.1, 0.15) is 5.54 Å². The summed E-state index contributed by atoms with van der Waals surface area (Å²) in [6.07, 6.45) is 0. The van der Waals surface area contributed by atoms with Crippen molar-refractivity contribution in [1.82, 2.24) is 15.2 Å². The summed E-state index contributed by atoms with van der Waals surface area (Å²) in [6, 6.07) is 8.63. The van der Waals surface area contributed by atoms with Crippen LogP contribution >= 0.6 is 39.2 Å². The molecule has 1 aromatic heterocycles. The zero-order chi connectivity index (χ0) is 21.2. The van der Waals surface area contributed by atoms with Crippen molar-refractivity contribution in [3.8, 4) is 0 Å². The van der Waals surface area contributed by atoms with E-state index in [4.69, 9.17) is 0 Å². The van der Waals surface area contributed by atoms with Crippen molar-refractivity contribution in [2.75, 3.05) is 17.6 Å². The number of rotatable bonds is 5. The molecule has 3 amide bonds. The van der Waals surface area contributed by atoms with Crippen molar-refractivity contribution in [1.29, 1.82) is 0 Å². The molecule has 0 saturated carbocycles. The molecule has 1 aliphatic rings. The van der Waals surface area contributed by atoms with E-state index >= 15 is 0 Å². The molecule has 2 aromatic rings. The van der Waals surface area contributed by atoms with Crippen molar-refractivity contribution in [3.05, 3.63) is 50.1 Å². The minimum Gasteiger partial charge on any atom is -0.337 e. The molecule has 0 unspecified atom stereocenters. The van der Waals surface area contributed by atoms with Crippen LogP contribution in [-0.4, -0.2) is 40.6 Å². The van der Waals surface area contributed by atoms with Crippen LogP contribution in [0.15, 0.2) is 34.1 Å². The van der Waals surface area contributed by atoms with Gasteiger partial charge in [-0.05, 0) is 72.6 Å². The Hall–Kier alpha value is -1.88. The molecule has 1 fully saturated rings. The maximum Gasteiger partial charge on any atom is 0.268 e. The molecule has 1 aliphatic heterocycles. The molecular weight excluding hydrogens is 476 g/mol.